The minimum Gasteiger partial charge on any atom is -0.256 e. The van der Waals surface area contributed by atoms with Crippen LogP contribution in [0, 0.1) is 5.82 Å². The van der Waals surface area contributed by atoms with Crippen molar-refractivity contribution in [2.45, 2.75) is 17.1 Å². The smallest absolute Gasteiger partial charge is 0.123 e. The summed E-state index contributed by atoms with van der Waals surface area (Å²) in [6, 6.07) is 16.9. The van der Waals surface area contributed by atoms with E-state index in [0.29, 0.717) is 0 Å². The van der Waals surface area contributed by atoms with E-state index >= 15 is 0 Å². The van der Waals surface area contributed by atoms with Gasteiger partial charge in [-0.3, -0.25) is 4.98 Å². The number of fused-ring (bicyclic) bond motifs is 1. The maximum absolute atomic E-state index is 13.0. The Morgan fingerprint density at radius 2 is 1.75 bits per heavy atom. The Labute approximate surface area is 121 Å². The Morgan fingerprint density at radius 3 is 2.55 bits per heavy atom. The maximum Gasteiger partial charge on any atom is 0.123 e. The molecular formula is C17H14FNS. The van der Waals surface area contributed by atoms with Crippen molar-refractivity contribution in [3.8, 4) is 0 Å². The van der Waals surface area contributed by atoms with E-state index in [9.17, 15) is 4.39 Å². The molecule has 0 bridgehead atoms. The van der Waals surface area contributed by atoms with Gasteiger partial charge in [0, 0.05) is 21.7 Å². The predicted molar refractivity (Wildman–Crippen MR) is 82.4 cm³/mol. The lowest BCUT2D eigenvalue weighted by Gasteiger charge is -2.13. The van der Waals surface area contributed by atoms with E-state index in [1.807, 2.05) is 42.6 Å². The Morgan fingerprint density at radius 1 is 1.00 bits per heavy atom. The molecular weight excluding hydrogens is 269 g/mol. The third-order valence-electron chi connectivity index (χ3n) is 3.25. The second kappa shape index (κ2) is 5.63. The molecule has 0 N–H and O–H groups in total. The molecule has 3 heteroatoms. The molecule has 1 nitrogen and oxygen atoms in total. The van der Waals surface area contributed by atoms with Crippen molar-refractivity contribution in [2.24, 2.45) is 0 Å². The molecule has 0 radical (unpaired) electrons. The molecule has 20 heavy (non-hydrogen) atoms. The number of nitrogens with zero attached hydrogens (tertiary/aromatic N) is 1. The number of benzene rings is 2. The van der Waals surface area contributed by atoms with Crippen LogP contribution in [0.25, 0.3) is 10.9 Å². The molecule has 100 valence electrons. The van der Waals surface area contributed by atoms with Gasteiger partial charge in [0.2, 0.25) is 0 Å². The van der Waals surface area contributed by atoms with Crippen molar-refractivity contribution >= 4 is 22.7 Å². The number of halogens is 1. The first-order valence-electron chi connectivity index (χ1n) is 6.50. The average Bonchev–Trinajstić information content (AvgIpc) is 2.48. The van der Waals surface area contributed by atoms with Crippen LogP contribution in [-0.4, -0.2) is 4.98 Å². The quantitative estimate of drug-likeness (QED) is 0.611. The molecule has 1 aromatic heterocycles. The van der Waals surface area contributed by atoms with E-state index in [1.165, 1.54) is 17.0 Å². The largest absolute Gasteiger partial charge is 0.256 e. The SMILES string of the molecule is CC(Sc1ccnc2ccccc12)c1ccc(F)cc1. The maximum atomic E-state index is 13.0. The Bertz CT molecular complexity index is 719. The highest BCUT2D eigenvalue weighted by molar-refractivity contribution is 7.99. The van der Waals surface area contributed by atoms with Crippen LogP contribution in [0.5, 0.6) is 0 Å². The highest BCUT2D eigenvalue weighted by atomic mass is 32.2. The third kappa shape index (κ3) is 2.68. The molecule has 0 aliphatic rings. The predicted octanol–water partition coefficient (Wildman–Crippen LogP) is 5.23. The first-order chi connectivity index (χ1) is 9.74. The molecule has 1 heterocycles. The van der Waals surface area contributed by atoms with Gasteiger partial charge in [0.05, 0.1) is 5.52 Å². The summed E-state index contributed by atoms with van der Waals surface area (Å²) in [6.07, 6.45) is 1.84. The first kappa shape index (κ1) is 13.1. The topological polar surface area (TPSA) is 12.9 Å². The summed E-state index contributed by atoms with van der Waals surface area (Å²) in [6.45, 7) is 2.13. The zero-order chi connectivity index (χ0) is 13.9. The van der Waals surface area contributed by atoms with E-state index in [0.717, 1.165) is 16.5 Å². The molecule has 0 saturated heterocycles. The van der Waals surface area contributed by atoms with Crippen molar-refractivity contribution in [1.29, 1.82) is 0 Å². The number of pyridine rings is 1. The summed E-state index contributed by atoms with van der Waals surface area (Å²) >= 11 is 1.77. The summed E-state index contributed by atoms with van der Waals surface area (Å²) < 4.78 is 13.0. The number of aromatic nitrogens is 1. The molecule has 0 aliphatic heterocycles. The number of para-hydroxylation sites is 1. The Kier molecular flexibility index (Phi) is 3.70. The van der Waals surface area contributed by atoms with Crippen molar-refractivity contribution in [3.05, 3.63) is 72.2 Å². The minimum atomic E-state index is -0.194. The van der Waals surface area contributed by atoms with Gasteiger partial charge in [-0.1, -0.05) is 30.3 Å². The number of hydrogen-bond acceptors (Lipinski definition) is 2. The summed E-state index contributed by atoms with van der Waals surface area (Å²) in [4.78, 5) is 5.57. The van der Waals surface area contributed by atoms with E-state index in [1.54, 1.807) is 11.8 Å². The van der Waals surface area contributed by atoms with Gasteiger partial charge in [0.15, 0.2) is 0 Å². The third-order valence-corrected chi connectivity index (χ3v) is 4.49. The van der Waals surface area contributed by atoms with E-state index in [2.05, 4.69) is 18.0 Å². The van der Waals surface area contributed by atoms with Crippen LogP contribution in [0.1, 0.15) is 17.7 Å². The van der Waals surface area contributed by atoms with E-state index in [-0.39, 0.29) is 11.1 Å². The van der Waals surface area contributed by atoms with Gasteiger partial charge in [-0.25, -0.2) is 4.39 Å². The fraction of sp³-hybridized carbons (Fsp3) is 0.118. The summed E-state index contributed by atoms with van der Waals surface area (Å²) in [7, 11) is 0. The number of hydrogen-bond donors (Lipinski definition) is 0. The zero-order valence-electron chi connectivity index (χ0n) is 11.1. The monoisotopic (exact) mass is 283 g/mol. The molecule has 0 aliphatic carbocycles. The van der Waals surface area contributed by atoms with Gasteiger partial charge in [-0.2, -0.15) is 0 Å². The highest BCUT2D eigenvalue weighted by Gasteiger charge is 2.10. The van der Waals surface area contributed by atoms with Gasteiger partial charge in [0.1, 0.15) is 5.82 Å². The highest BCUT2D eigenvalue weighted by Crippen LogP contribution is 2.37. The van der Waals surface area contributed by atoms with Crippen LogP contribution < -0.4 is 0 Å². The lowest BCUT2D eigenvalue weighted by Crippen LogP contribution is -1.90. The van der Waals surface area contributed by atoms with Crippen molar-refractivity contribution in [2.75, 3.05) is 0 Å². The van der Waals surface area contributed by atoms with Crippen molar-refractivity contribution < 1.29 is 4.39 Å². The average molecular weight is 283 g/mol. The molecule has 1 unspecified atom stereocenters. The van der Waals surface area contributed by atoms with Crippen LogP contribution >= 0.6 is 11.8 Å². The molecule has 0 saturated carbocycles. The van der Waals surface area contributed by atoms with Gasteiger partial charge in [-0.15, -0.1) is 11.8 Å². The fourth-order valence-electron chi connectivity index (χ4n) is 2.16. The summed E-state index contributed by atoms with van der Waals surface area (Å²) in [5.74, 6) is -0.194. The summed E-state index contributed by atoms with van der Waals surface area (Å²) in [5, 5.41) is 1.43. The van der Waals surface area contributed by atoms with Crippen LogP contribution in [0.15, 0.2) is 65.7 Å². The van der Waals surface area contributed by atoms with Crippen LogP contribution in [0.4, 0.5) is 4.39 Å². The minimum absolute atomic E-state index is 0.194. The van der Waals surface area contributed by atoms with E-state index < -0.39 is 0 Å². The lowest BCUT2D eigenvalue weighted by atomic mass is 10.2. The van der Waals surface area contributed by atoms with Crippen LogP contribution in [-0.2, 0) is 0 Å². The number of thioether (sulfide) groups is 1. The lowest BCUT2D eigenvalue weighted by molar-refractivity contribution is 0.627. The summed E-state index contributed by atoms with van der Waals surface area (Å²) in [5.41, 5.74) is 2.13. The second-order valence-corrected chi connectivity index (χ2v) is 6.02. The van der Waals surface area contributed by atoms with Gasteiger partial charge in [-0.05, 0) is 36.8 Å². The number of rotatable bonds is 3. The standard InChI is InChI=1S/C17H14FNS/c1-12(13-6-8-14(18)9-7-13)20-17-10-11-19-16-5-3-2-4-15(16)17/h2-12H,1H3. The van der Waals surface area contributed by atoms with Crippen LogP contribution in [0.2, 0.25) is 0 Å². The molecule has 1 atom stereocenters. The van der Waals surface area contributed by atoms with Gasteiger partial charge in [0.25, 0.3) is 0 Å². The van der Waals surface area contributed by atoms with Crippen molar-refractivity contribution in [1.82, 2.24) is 4.98 Å². The molecule has 3 aromatic rings. The molecule has 0 fully saturated rings. The Balaban J connectivity index is 1.91. The van der Waals surface area contributed by atoms with Gasteiger partial charge < -0.3 is 0 Å². The van der Waals surface area contributed by atoms with Crippen LogP contribution in [0.3, 0.4) is 0 Å². The first-order valence-corrected chi connectivity index (χ1v) is 7.38. The molecule has 0 spiro atoms. The Hall–Kier alpha value is -1.87. The zero-order valence-corrected chi connectivity index (χ0v) is 11.9. The normalized spacial score (nSPS) is 12.5. The van der Waals surface area contributed by atoms with Gasteiger partial charge >= 0.3 is 0 Å². The van der Waals surface area contributed by atoms with Crippen molar-refractivity contribution in [3.63, 3.8) is 0 Å². The molecule has 3 rings (SSSR count). The second-order valence-electron chi connectivity index (χ2n) is 4.64. The van der Waals surface area contributed by atoms with E-state index in [4.69, 9.17) is 0 Å². The molecule has 0 amide bonds. The molecule has 2 aromatic carbocycles. The fourth-order valence-corrected chi connectivity index (χ4v) is 3.28.